The number of anilines is 2. The van der Waals surface area contributed by atoms with Gasteiger partial charge in [-0.3, -0.25) is 14.9 Å². The number of hydrogen-bond donors (Lipinski definition) is 2. The van der Waals surface area contributed by atoms with Crippen LogP contribution in [-0.4, -0.2) is 21.8 Å². The van der Waals surface area contributed by atoms with Gasteiger partial charge >= 0.3 is 0 Å². The summed E-state index contributed by atoms with van der Waals surface area (Å²) < 4.78 is 0. The zero-order chi connectivity index (χ0) is 12.0. The predicted octanol–water partition coefficient (Wildman–Crippen LogP) is 1.17. The number of nitrogens with zero attached hydrogens (tertiary/aromatic N) is 2. The summed E-state index contributed by atoms with van der Waals surface area (Å²) in [5.74, 6) is 0.277. The van der Waals surface area contributed by atoms with E-state index in [4.69, 9.17) is 0 Å². The number of rotatable bonds is 4. The first kappa shape index (κ1) is 12.1. The standard InChI is InChI=1S/C10H14N4O2/c1-3-8(15)12-7-5-6-11-10(13-7)14-9(16)4-2/h5-6H,3-4H2,1-2H3,(H2,11,12,13,14,15,16). The zero-order valence-corrected chi connectivity index (χ0v) is 9.28. The maximum absolute atomic E-state index is 11.1. The molecule has 0 aromatic carbocycles. The van der Waals surface area contributed by atoms with E-state index in [0.717, 1.165) is 0 Å². The fraction of sp³-hybridized carbons (Fsp3) is 0.400. The minimum atomic E-state index is -0.168. The molecule has 0 bridgehead atoms. The highest BCUT2D eigenvalue weighted by atomic mass is 16.2. The minimum absolute atomic E-state index is 0.133. The molecule has 0 radical (unpaired) electrons. The number of carbonyl (C=O) groups excluding carboxylic acids is 2. The Kier molecular flexibility index (Phi) is 4.38. The average molecular weight is 222 g/mol. The Bertz CT molecular complexity index is 359. The van der Waals surface area contributed by atoms with Crippen LogP contribution < -0.4 is 10.6 Å². The van der Waals surface area contributed by atoms with Crippen molar-refractivity contribution in [3.8, 4) is 0 Å². The van der Waals surface area contributed by atoms with E-state index >= 15 is 0 Å². The lowest BCUT2D eigenvalue weighted by Gasteiger charge is -2.05. The van der Waals surface area contributed by atoms with Crippen LogP contribution in [0.2, 0.25) is 0 Å². The summed E-state index contributed by atoms with van der Waals surface area (Å²) in [7, 11) is 0. The Morgan fingerprint density at radius 1 is 1.19 bits per heavy atom. The maximum atomic E-state index is 11.1. The third-order valence-corrected chi connectivity index (χ3v) is 1.82. The molecule has 6 nitrogen and oxygen atoms in total. The van der Waals surface area contributed by atoms with Gasteiger partial charge in [0.25, 0.3) is 0 Å². The maximum Gasteiger partial charge on any atom is 0.231 e. The molecule has 1 rings (SSSR count). The largest absolute Gasteiger partial charge is 0.311 e. The quantitative estimate of drug-likeness (QED) is 0.801. The highest BCUT2D eigenvalue weighted by Crippen LogP contribution is 2.06. The molecule has 6 heteroatoms. The molecule has 0 saturated carbocycles. The first-order valence-corrected chi connectivity index (χ1v) is 5.08. The summed E-state index contributed by atoms with van der Waals surface area (Å²) in [5, 5.41) is 5.09. The second kappa shape index (κ2) is 5.79. The molecule has 86 valence electrons. The van der Waals surface area contributed by atoms with Crippen LogP contribution in [0.5, 0.6) is 0 Å². The highest BCUT2D eigenvalue weighted by molar-refractivity contribution is 5.91. The monoisotopic (exact) mass is 222 g/mol. The SMILES string of the molecule is CCC(=O)Nc1ccnc(NC(=O)CC)n1. The molecule has 0 unspecified atom stereocenters. The summed E-state index contributed by atoms with van der Waals surface area (Å²) >= 11 is 0. The van der Waals surface area contributed by atoms with Crippen molar-refractivity contribution in [2.45, 2.75) is 26.7 Å². The fourth-order valence-electron chi connectivity index (χ4n) is 0.933. The van der Waals surface area contributed by atoms with Gasteiger partial charge in [-0.15, -0.1) is 0 Å². The summed E-state index contributed by atoms with van der Waals surface area (Å²) in [6, 6.07) is 1.56. The van der Waals surface area contributed by atoms with Gasteiger partial charge in [-0.2, -0.15) is 4.98 Å². The molecule has 2 N–H and O–H groups in total. The summed E-state index contributed by atoms with van der Waals surface area (Å²) in [5.41, 5.74) is 0. The van der Waals surface area contributed by atoms with Crippen molar-refractivity contribution in [3.05, 3.63) is 12.3 Å². The Morgan fingerprint density at radius 2 is 1.81 bits per heavy atom. The van der Waals surface area contributed by atoms with Crippen molar-refractivity contribution in [2.24, 2.45) is 0 Å². The molecule has 0 aliphatic carbocycles. The van der Waals surface area contributed by atoms with E-state index in [2.05, 4.69) is 20.6 Å². The van der Waals surface area contributed by atoms with Crippen LogP contribution in [0.15, 0.2) is 12.3 Å². The molecular formula is C10H14N4O2. The van der Waals surface area contributed by atoms with E-state index in [1.165, 1.54) is 6.20 Å². The number of amides is 2. The molecular weight excluding hydrogens is 208 g/mol. The van der Waals surface area contributed by atoms with E-state index in [1.807, 2.05) is 0 Å². The van der Waals surface area contributed by atoms with Crippen LogP contribution >= 0.6 is 0 Å². The molecule has 16 heavy (non-hydrogen) atoms. The molecule has 1 aromatic heterocycles. The first-order chi connectivity index (χ1) is 7.65. The average Bonchev–Trinajstić information content (AvgIpc) is 2.29. The Hall–Kier alpha value is -1.98. The van der Waals surface area contributed by atoms with Crippen LogP contribution in [0, 0.1) is 0 Å². The normalized spacial score (nSPS) is 9.62. The summed E-state index contributed by atoms with van der Waals surface area (Å²) in [6.07, 6.45) is 2.21. The highest BCUT2D eigenvalue weighted by Gasteiger charge is 2.04. The van der Waals surface area contributed by atoms with E-state index < -0.39 is 0 Å². The van der Waals surface area contributed by atoms with Gasteiger partial charge in [-0.1, -0.05) is 13.8 Å². The van der Waals surface area contributed by atoms with Crippen LogP contribution in [0.25, 0.3) is 0 Å². The van der Waals surface area contributed by atoms with Crippen LogP contribution in [-0.2, 0) is 9.59 Å². The van der Waals surface area contributed by atoms with Crippen molar-refractivity contribution < 1.29 is 9.59 Å². The van der Waals surface area contributed by atoms with Gasteiger partial charge < -0.3 is 5.32 Å². The third-order valence-electron chi connectivity index (χ3n) is 1.82. The van der Waals surface area contributed by atoms with E-state index in [0.29, 0.717) is 18.7 Å². The number of hydrogen-bond acceptors (Lipinski definition) is 4. The van der Waals surface area contributed by atoms with Crippen molar-refractivity contribution in [3.63, 3.8) is 0 Å². The van der Waals surface area contributed by atoms with Gasteiger partial charge in [-0.05, 0) is 6.07 Å². The molecule has 1 aromatic rings. The van der Waals surface area contributed by atoms with Crippen LogP contribution in [0.3, 0.4) is 0 Å². The second-order valence-corrected chi connectivity index (χ2v) is 3.07. The van der Waals surface area contributed by atoms with E-state index in [1.54, 1.807) is 19.9 Å². The van der Waals surface area contributed by atoms with Gasteiger partial charge in [0.05, 0.1) is 0 Å². The van der Waals surface area contributed by atoms with Crippen LogP contribution in [0.4, 0.5) is 11.8 Å². The first-order valence-electron chi connectivity index (χ1n) is 5.08. The summed E-state index contributed by atoms with van der Waals surface area (Å²) in [6.45, 7) is 3.48. The Morgan fingerprint density at radius 3 is 2.44 bits per heavy atom. The zero-order valence-electron chi connectivity index (χ0n) is 9.28. The molecule has 0 aliphatic rings. The van der Waals surface area contributed by atoms with Crippen molar-refractivity contribution in [2.75, 3.05) is 10.6 Å². The number of aromatic nitrogens is 2. The Labute approximate surface area is 93.5 Å². The molecule has 0 aliphatic heterocycles. The minimum Gasteiger partial charge on any atom is -0.311 e. The lowest BCUT2D eigenvalue weighted by atomic mass is 10.4. The third kappa shape index (κ3) is 3.64. The van der Waals surface area contributed by atoms with Gasteiger partial charge in [0, 0.05) is 19.0 Å². The van der Waals surface area contributed by atoms with Crippen molar-refractivity contribution in [1.29, 1.82) is 0 Å². The predicted molar refractivity (Wildman–Crippen MR) is 59.9 cm³/mol. The van der Waals surface area contributed by atoms with Gasteiger partial charge in [0.15, 0.2) is 0 Å². The van der Waals surface area contributed by atoms with Crippen LogP contribution in [0.1, 0.15) is 26.7 Å². The molecule has 0 atom stereocenters. The van der Waals surface area contributed by atoms with Crippen molar-refractivity contribution >= 4 is 23.6 Å². The van der Waals surface area contributed by atoms with Gasteiger partial charge in [-0.25, -0.2) is 4.98 Å². The van der Waals surface area contributed by atoms with Gasteiger partial charge in [0.1, 0.15) is 5.82 Å². The molecule has 0 spiro atoms. The molecule has 1 heterocycles. The topological polar surface area (TPSA) is 84.0 Å². The fourth-order valence-corrected chi connectivity index (χ4v) is 0.933. The number of carbonyl (C=O) groups is 2. The summed E-state index contributed by atoms with van der Waals surface area (Å²) in [4.78, 5) is 30.0. The van der Waals surface area contributed by atoms with E-state index in [-0.39, 0.29) is 17.8 Å². The smallest absolute Gasteiger partial charge is 0.231 e. The lowest BCUT2D eigenvalue weighted by Crippen LogP contribution is -2.15. The molecule has 2 amide bonds. The van der Waals surface area contributed by atoms with E-state index in [9.17, 15) is 9.59 Å². The Balaban J connectivity index is 2.71. The molecule has 0 fully saturated rings. The lowest BCUT2D eigenvalue weighted by molar-refractivity contribution is -0.116. The molecule has 0 saturated heterocycles. The second-order valence-electron chi connectivity index (χ2n) is 3.07. The van der Waals surface area contributed by atoms with Crippen molar-refractivity contribution in [1.82, 2.24) is 9.97 Å². The number of nitrogens with one attached hydrogen (secondary N) is 2. The van der Waals surface area contributed by atoms with Gasteiger partial charge in [0.2, 0.25) is 17.8 Å².